The van der Waals surface area contributed by atoms with E-state index in [0.717, 1.165) is 13.1 Å². The fourth-order valence-electron chi connectivity index (χ4n) is 3.10. The summed E-state index contributed by atoms with van der Waals surface area (Å²) in [6.45, 7) is 2.31. The van der Waals surface area contributed by atoms with Crippen molar-refractivity contribution in [2.75, 3.05) is 13.1 Å². The molecule has 3 nitrogen and oxygen atoms in total. The Hall–Kier alpha value is -2.00. The lowest BCUT2D eigenvalue weighted by Crippen LogP contribution is -2.41. The van der Waals surface area contributed by atoms with Gasteiger partial charge in [0.05, 0.1) is 0 Å². The summed E-state index contributed by atoms with van der Waals surface area (Å²) in [5.41, 5.74) is 2.56. The Morgan fingerprint density at radius 1 is 0.800 bits per heavy atom. The van der Waals surface area contributed by atoms with Gasteiger partial charge in [0.1, 0.15) is 5.82 Å². The minimum absolute atomic E-state index is 1.15. The van der Waals surface area contributed by atoms with Crippen LogP contribution in [0.15, 0.2) is 48.7 Å². The zero-order chi connectivity index (χ0) is 13.4. The number of hydrogen-bond donors (Lipinski definition) is 0. The fraction of sp³-hybridized carbons (Fsp3) is 0.294. The van der Waals surface area contributed by atoms with Gasteiger partial charge in [-0.25, -0.2) is 5.01 Å². The minimum atomic E-state index is 1.15. The van der Waals surface area contributed by atoms with Crippen LogP contribution in [-0.2, 0) is 0 Å². The monoisotopic (exact) mass is 265 g/mol. The normalized spacial score (nSPS) is 21.5. The van der Waals surface area contributed by atoms with Gasteiger partial charge >= 0.3 is 0 Å². The number of rotatable bonds is 1. The molecule has 3 aliphatic rings. The van der Waals surface area contributed by atoms with E-state index in [1.165, 1.54) is 36.2 Å². The quantitative estimate of drug-likeness (QED) is 0.770. The van der Waals surface area contributed by atoms with Crippen LogP contribution >= 0.6 is 0 Å². The average molecular weight is 265 g/mol. The van der Waals surface area contributed by atoms with Gasteiger partial charge in [-0.2, -0.15) is 0 Å². The Labute approximate surface area is 120 Å². The van der Waals surface area contributed by atoms with Crippen molar-refractivity contribution < 1.29 is 0 Å². The van der Waals surface area contributed by atoms with Crippen molar-refractivity contribution in [2.24, 2.45) is 0 Å². The van der Waals surface area contributed by atoms with Crippen molar-refractivity contribution in [3.63, 3.8) is 0 Å². The summed E-state index contributed by atoms with van der Waals surface area (Å²) in [5, 5.41) is 4.76. The van der Waals surface area contributed by atoms with E-state index >= 15 is 0 Å². The smallest absolute Gasteiger partial charge is 0.132 e. The Kier molecular flexibility index (Phi) is 2.85. The van der Waals surface area contributed by atoms with E-state index in [-0.39, 0.29) is 0 Å². The van der Waals surface area contributed by atoms with Gasteiger partial charge < -0.3 is 4.90 Å². The fourth-order valence-corrected chi connectivity index (χ4v) is 3.10. The van der Waals surface area contributed by atoms with Gasteiger partial charge in [0.25, 0.3) is 0 Å². The molecule has 102 valence electrons. The van der Waals surface area contributed by atoms with Gasteiger partial charge in [-0.3, -0.25) is 5.01 Å². The van der Waals surface area contributed by atoms with E-state index < -0.39 is 0 Å². The van der Waals surface area contributed by atoms with Crippen LogP contribution in [-0.4, -0.2) is 28.0 Å². The van der Waals surface area contributed by atoms with E-state index in [1.807, 2.05) is 0 Å². The molecule has 3 heteroatoms. The molecule has 0 amide bonds. The highest BCUT2D eigenvalue weighted by atomic mass is 15.7. The minimum Gasteiger partial charge on any atom is -0.307 e. The third-order valence-corrected chi connectivity index (χ3v) is 4.20. The summed E-state index contributed by atoms with van der Waals surface area (Å²) in [4.78, 5) is 2.20. The Morgan fingerprint density at radius 3 is 2.45 bits per heavy atom. The van der Waals surface area contributed by atoms with Crippen LogP contribution in [0.25, 0.3) is 12.2 Å². The predicted octanol–water partition coefficient (Wildman–Crippen LogP) is 3.46. The molecule has 1 aromatic carbocycles. The molecule has 0 aromatic heterocycles. The van der Waals surface area contributed by atoms with E-state index in [9.17, 15) is 0 Å². The molecule has 0 spiro atoms. The molecule has 0 N–H and O–H groups in total. The van der Waals surface area contributed by atoms with Gasteiger partial charge in [0.2, 0.25) is 0 Å². The van der Waals surface area contributed by atoms with Crippen molar-refractivity contribution in [1.82, 2.24) is 14.9 Å². The maximum absolute atomic E-state index is 2.45. The molecule has 3 heterocycles. The Balaban J connectivity index is 1.70. The molecule has 0 atom stereocenters. The molecule has 0 radical (unpaired) electrons. The number of hydrazine groups is 1. The lowest BCUT2D eigenvalue weighted by Gasteiger charge is -2.36. The standard InChI is InChI=1S/C17H19N3/c1-4-9-19(10-5-1)20-13-12-18-11-8-15-6-2-3-7-16(15)14-17(18)20/h2-3,6-8,11-14H,1,4-5,9-10H2. The molecule has 0 aliphatic carbocycles. The van der Waals surface area contributed by atoms with Gasteiger partial charge in [-0.05, 0) is 36.1 Å². The molecular weight excluding hydrogens is 246 g/mol. The number of hydrogen-bond acceptors (Lipinski definition) is 3. The summed E-state index contributed by atoms with van der Waals surface area (Å²) >= 11 is 0. The first-order valence-corrected chi connectivity index (χ1v) is 7.41. The van der Waals surface area contributed by atoms with Crippen LogP contribution in [0.2, 0.25) is 0 Å². The summed E-state index contributed by atoms with van der Waals surface area (Å²) in [6.07, 6.45) is 14.9. The second kappa shape index (κ2) is 4.84. The zero-order valence-electron chi connectivity index (χ0n) is 11.6. The Bertz CT molecular complexity index is 594. The van der Waals surface area contributed by atoms with Crippen LogP contribution in [0.3, 0.4) is 0 Å². The van der Waals surface area contributed by atoms with Gasteiger partial charge in [0.15, 0.2) is 0 Å². The Morgan fingerprint density at radius 2 is 1.60 bits per heavy atom. The predicted molar refractivity (Wildman–Crippen MR) is 81.7 cm³/mol. The number of nitrogens with zero attached hydrogens (tertiary/aromatic N) is 3. The molecule has 1 aromatic rings. The summed E-state index contributed by atoms with van der Waals surface area (Å²) in [7, 11) is 0. The number of fused-ring (bicyclic) bond motifs is 2. The zero-order valence-corrected chi connectivity index (χ0v) is 11.6. The first-order valence-electron chi connectivity index (χ1n) is 7.41. The summed E-state index contributed by atoms with van der Waals surface area (Å²) < 4.78 is 0. The lowest BCUT2D eigenvalue weighted by molar-refractivity contribution is 0.0301. The molecule has 0 unspecified atom stereocenters. The topological polar surface area (TPSA) is 9.72 Å². The van der Waals surface area contributed by atoms with Crippen LogP contribution in [0, 0.1) is 0 Å². The first kappa shape index (κ1) is 11.8. The van der Waals surface area contributed by atoms with Crippen LogP contribution in [0.4, 0.5) is 0 Å². The molecular formula is C17H19N3. The number of benzene rings is 1. The molecule has 3 aliphatic heterocycles. The summed E-state index contributed by atoms with van der Waals surface area (Å²) in [5.74, 6) is 1.23. The highest BCUT2D eigenvalue weighted by Gasteiger charge is 2.26. The van der Waals surface area contributed by atoms with Crippen molar-refractivity contribution in [2.45, 2.75) is 19.3 Å². The molecule has 1 saturated heterocycles. The van der Waals surface area contributed by atoms with Gasteiger partial charge in [-0.15, -0.1) is 0 Å². The maximum atomic E-state index is 2.45. The van der Waals surface area contributed by atoms with E-state index in [0.29, 0.717) is 0 Å². The van der Waals surface area contributed by atoms with Crippen LogP contribution < -0.4 is 0 Å². The second-order valence-electron chi connectivity index (χ2n) is 5.51. The van der Waals surface area contributed by atoms with E-state index in [1.54, 1.807) is 0 Å². The van der Waals surface area contributed by atoms with Crippen molar-refractivity contribution >= 4 is 12.2 Å². The van der Waals surface area contributed by atoms with Crippen molar-refractivity contribution in [1.29, 1.82) is 0 Å². The maximum Gasteiger partial charge on any atom is 0.132 e. The summed E-state index contributed by atoms with van der Waals surface area (Å²) in [6, 6.07) is 8.55. The largest absolute Gasteiger partial charge is 0.307 e. The van der Waals surface area contributed by atoms with Gasteiger partial charge in [-0.1, -0.05) is 30.7 Å². The van der Waals surface area contributed by atoms with Crippen LogP contribution in [0.1, 0.15) is 30.4 Å². The second-order valence-corrected chi connectivity index (χ2v) is 5.51. The molecule has 1 fully saturated rings. The molecule has 4 rings (SSSR count). The van der Waals surface area contributed by atoms with Crippen LogP contribution in [0.5, 0.6) is 0 Å². The molecule has 0 saturated carbocycles. The highest BCUT2D eigenvalue weighted by Crippen LogP contribution is 2.30. The highest BCUT2D eigenvalue weighted by molar-refractivity contribution is 5.69. The van der Waals surface area contributed by atoms with E-state index in [2.05, 4.69) is 69.9 Å². The SMILES string of the molecule is C1=CN2C=CN(N3CCCCC3)C2=Cc2ccccc21. The number of piperidine rings is 1. The molecule has 0 bridgehead atoms. The van der Waals surface area contributed by atoms with Crippen molar-refractivity contribution in [3.8, 4) is 0 Å². The van der Waals surface area contributed by atoms with Gasteiger partial charge in [0, 0.05) is 31.7 Å². The third kappa shape index (κ3) is 1.95. The lowest BCUT2D eigenvalue weighted by atomic mass is 10.1. The average Bonchev–Trinajstić information content (AvgIpc) is 2.81. The first-order chi connectivity index (χ1) is 9.92. The van der Waals surface area contributed by atoms with E-state index in [4.69, 9.17) is 0 Å². The third-order valence-electron chi connectivity index (χ3n) is 4.20. The van der Waals surface area contributed by atoms with Crippen molar-refractivity contribution in [3.05, 3.63) is 59.8 Å². The molecule has 20 heavy (non-hydrogen) atoms.